The summed E-state index contributed by atoms with van der Waals surface area (Å²) >= 11 is 1.93. The van der Waals surface area contributed by atoms with E-state index in [1.54, 1.807) is 0 Å². The molecule has 0 amide bonds. The largest absolute Gasteiger partial charge is 0.392 e. The molecule has 1 aliphatic carbocycles. The van der Waals surface area contributed by atoms with Crippen molar-refractivity contribution in [3.63, 3.8) is 0 Å². The van der Waals surface area contributed by atoms with Crippen LogP contribution in [0.4, 0.5) is 0 Å². The first-order valence-electron chi connectivity index (χ1n) is 6.55. The van der Waals surface area contributed by atoms with E-state index in [1.807, 2.05) is 11.8 Å². The molecule has 3 atom stereocenters. The van der Waals surface area contributed by atoms with Crippen molar-refractivity contribution in [2.75, 3.05) is 25.1 Å². The molecule has 2 aliphatic rings. The number of aliphatic hydroxyl groups excluding tert-OH is 1. The minimum Gasteiger partial charge on any atom is -0.392 e. The molecular formula is C12H19N3O2S. The minimum atomic E-state index is -0.309. The summed E-state index contributed by atoms with van der Waals surface area (Å²) in [6, 6.07) is 0.250. The summed E-state index contributed by atoms with van der Waals surface area (Å²) in [5.41, 5.74) is 0. The Morgan fingerprint density at radius 3 is 3.06 bits per heavy atom. The van der Waals surface area contributed by atoms with Gasteiger partial charge in [0.15, 0.2) is 5.82 Å². The van der Waals surface area contributed by atoms with Gasteiger partial charge in [-0.15, -0.1) is 0 Å². The molecule has 0 bridgehead atoms. The van der Waals surface area contributed by atoms with E-state index in [0.29, 0.717) is 5.89 Å². The summed E-state index contributed by atoms with van der Waals surface area (Å²) in [6.07, 6.45) is 2.54. The third kappa shape index (κ3) is 2.29. The van der Waals surface area contributed by atoms with Crippen LogP contribution in [0.5, 0.6) is 0 Å². The zero-order chi connectivity index (χ0) is 12.5. The van der Waals surface area contributed by atoms with Gasteiger partial charge in [-0.05, 0) is 26.3 Å². The number of nitrogens with zero attached hydrogens (tertiary/aromatic N) is 3. The zero-order valence-corrected chi connectivity index (χ0v) is 11.4. The Morgan fingerprint density at radius 2 is 2.33 bits per heavy atom. The maximum absolute atomic E-state index is 9.87. The lowest BCUT2D eigenvalue weighted by Crippen LogP contribution is -2.33. The Balaban J connectivity index is 1.76. The van der Waals surface area contributed by atoms with Gasteiger partial charge >= 0.3 is 0 Å². The number of aliphatic hydroxyl groups is 1. The quantitative estimate of drug-likeness (QED) is 0.876. The standard InChI is InChI=1S/C12H19N3O2S/c1-15-5-6-18-7-9(15)11-13-12(17-14-11)8-3-2-4-10(8)16/h8-10,16H,2-7H2,1H3. The Kier molecular flexibility index (Phi) is 3.59. The number of aromatic nitrogens is 2. The summed E-state index contributed by atoms with van der Waals surface area (Å²) < 4.78 is 5.36. The molecule has 1 aromatic heterocycles. The fourth-order valence-corrected chi connectivity index (χ4v) is 3.93. The van der Waals surface area contributed by atoms with Gasteiger partial charge in [0.2, 0.25) is 5.89 Å². The van der Waals surface area contributed by atoms with Gasteiger partial charge in [-0.25, -0.2) is 0 Å². The summed E-state index contributed by atoms with van der Waals surface area (Å²) in [5, 5.41) is 14.0. The molecule has 0 aromatic carbocycles. The second kappa shape index (κ2) is 5.19. The van der Waals surface area contributed by atoms with Crippen molar-refractivity contribution >= 4 is 11.8 Å². The average Bonchev–Trinajstić information content (AvgIpc) is 2.98. The van der Waals surface area contributed by atoms with Crippen LogP contribution >= 0.6 is 11.8 Å². The average molecular weight is 269 g/mol. The van der Waals surface area contributed by atoms with E-state index in [0.717, 1.165) is 37.4 Å². The van der Waals surface area contributed by atoms with Crippen LogP contribution < -0.4 is 0 Å². The van der Waals surface area contributed by atoms with Gasteiger partial charge in [0.25, 0.3) is 0 Å². The molecule has 1 N–H and O–H groups in total. The Labute approximate surface area is 111 Å². The molecule has 2 heterocycles. The summed E-state index contributed by atoms with van der Waals surface area (Å²) in [5.74, 6) is 3.63. The Bertz CT molecular complexity index is 412. The lowest BCUT2D eigenvalue weighted by molar-refractivity contribution is 0.148. The number of hydrogen-bond donors (Lipinski definition) is 1. The van der Waals surface area contributed by atoms with Crippen molar-refractivity contribution in [3.05, 3.63) is 11.7 Å². The van der Waals surface area contributed by atoms with E-state index < -0.39 is 0 Å². The van der Waals surface area contributed by atoms with Crippen LogP contribution in [0.25, 0.3) is 0 Å². The van der Waals surface area contributed by atoms with Crippen LogP contribution in [-0.2, 0) is 0 Å². The number of rotatable bonds is 2. The molecule has 2 fully saturated rings. The predicted molar refractivity (Wildman–Crippen MR) is 69.6 cm³/mol. The predicted octanol–water partition coefficient (Wildman–Crippen LogP) is 1.42. The monoisotopic (exact) mass is 269 g/mol. The lowest BCUT2D eigenvalue weighted by atomic mass is 10.1. The molecule has 0 spiro atoms. The first-order valence-corrected chi connectivity index (χ1v) is 7.70. The fourth-order valence-electron chi connectivity index (χ4n) is 2.72. The molecule has 0 radical (unpaired) electrons. The Hall–Kier alpha value is -0.590. The van der Waals surface area contributed by atoms with E-state index in [4.69, 9.17) is 4.52 Å². The summed E-state index contributed by atoms with van der Waals surface area (Å²) in [4.78, 5) is 6.80. The van der Waals surface area contributed by atoms with E-state index in [2.05, 4.69) is 22.1 Å². The van der Waals surface area contributed by atoms with Gasteiger partial charge in [-0.3, -0.25) is 4.90 Å². The van der Waals surface area contributed by atoms with E-state index in [1.165, 1.54) is 5.75 Å². The van der Waals surface area contributed by atoms with Crippen molar-refractivity contribution in [1.82, 2.24) is 15.0 Å². The van der Waals surface area contributed by atoms with Gasteiger partial charge in [0.05, 0.1) is 18.1 Å². The number of thioether (sulfide) groups is 1. The van der Waals surface area contributed by atoms with Gasteiger partial charge < -0.3 is 9.63 Å². The molecule has 3 unspecified atom stereocenters. The second-order valence-electron chi connectivity index (χ2n) is 5.17. The summed E-state index contributed by atoms with van der Waals surface area (Å²) in [7, 11) is 2.10. The van der Waals surface area contributed by atoms with Crippen molar-refractivity contribution in [3.8, 4) is 0 Å². The molecule has 5 nitrogen and oxygen atoms in total. The first-order chi connectivity index (χ1) is 8.75. The highest BCUT2D eigenvalue weighted by molar-refractivity contribution is 7.99. The van der Waals surface area contributed by atoms with Gasteiger partial charge in [-0.2, -0.15) is 16.7 Å². The van der Waals surface area contributed by atoms with Crippen LogP contribution in [-0.4, -0.2) is 51.3 Å². The molecule has 3 rings (SSSR count). The van der Waals surface area contributed by atoms with Crippen LogP contribution in [0.15, 0.2) is 4.52 Å². The molecule has 1 saturated carbocycles. The van der Waals surface area contributed by atoms with Gasteiger partial charge in [0.1, 0.15) is 0 Å². The summed E-state index contributed by atoms with van der Waals surface area (Å²) in [6.45, 7) is 1.06. The van der Waals surface area contributed by atoms with Crippen molar-refractivity contribution in [1.29, 1.82) is 0 Å². The molecular weight excluding hydrogens is 250 g/mol. The first kappa shape index (κ1) is 12.4. The van der Waals surface area contributed by atoms with Gasteiger partial charge in [0, 0.05) is 18.1 Å². The lowest BCUT2D eigenvalue weighted by Gasteiger charge is -2.29. The Morgan fingerprint density at radius 1 is 1.44 bits per heavy atom. The highest BCUT2D eigenvalue weighted by Gasteiger charge is 2.33. The molecule has 18 heavy (non-hydrogen) atoms. The maximum atomic E-state index is 9.87. The van der Waals surface area contributed by atoms with E-state index in [9.17, 15) is 5.11 Å². The molecule has 6 heteroatoms. The highest BCUT2D eigenvalue weighted by Crippen LogP contribution is 2.35. The molecule has 1 saturated heterocycles. The highest BCUT2D eigenvalue weighted by atomic mass is 32.2. The van der Waals surface area contributed by atoms with Crippen LogP contribution in [0.3, 0.4) is 0 Å². The SMILES string of the molecule is CN1CCSCC1c1noc(C2CCCC2O)n1. The maximum Gasteiger partial charge on any atom is 0.232 e. The minimum absolute atomic E-state index is 0.0489. The number of hydrogen-bond acceptors (Lipinski definition) is 6. The van der Waals surface area contributed by atoms with Gasteiger partial charge in [-0.1, -0.05) is 5.16 Å². The third-order valence-corrected chi connectivity index (χ3v) is 4.97. The van der Waals surface area contributed by atoms with Crippen molar-refractivity contribution < 1.29 is 9.63 Å². The second-order valence-corrected chi connectivity index (χ2v) is 6.32. The normalized spacial score (nSPS) is 34.0. The molecule has 1 aromatic rings. The fraction of sp³-hybridized carbons (Fsp3) is 0.833. The molecule has 100 valence electrons. The zero-order valence-electron chi connectivity index (χ0n) is 10.6. The van der Waals surface area contributed by atoms with Crippen LogP contribution in [0, 0.1) is 0 Å². The van der Waals surface area contributed by atoms with Crippen molar-refractivity contribution in [2.45, 2.75) is 37.3 Å². The van der Waals surface area contributed by atoms with E-state index >= 15 is 0 Å². The topological polar surface area (TPSA) is 62.4 Å². The van der Waals surface area contributed by atoms with Crippen LogP contribution in [0.1, 0.15) is 42.9 Å². The van der Waals surface area contributed by atoms with Crippen LogP contribution in [0.2, 0.25) is 0 Å². The van der Waals surface area contributed by atoms with Crippen molar-refractivity contribution in [2.24, 2.45) is 0 Å². The smallest absolute Gasteiger partial charge is 0.232 e. The third-order valence-electron chi connectivity index (χ3n) is 3.95. The van der Waals surface area contributed by atoms with E-state index in [-0.39, 0.29) is 18.1 Å². The molecule has 1 aliphatic heterocycles.